The van der Waals surface area contributed by atoms with Crippen molar-refractivity contribution < 1.29 is 9.53 Å². The van der Waals surface area contributed by atoms with Gasteiger partial charge in [0.15, 0.2) is 5.65 Å². The predicted molar refractivity (Wildman–Crippen MR) is 145 cm³/mol. The van der Waals surface area contributed by atoms with Crippen molar-refractivity contribution in [3.05, 3.63) is 30.6 Å². The summed E-state index contributed by atoms with van der Waals surface area (Å²) >= 11 is 0. The molecule has 2 aliphatic rings. The van der Waals surface area contributed by atoms with E-state index in [0.29, 0.717) is 17.5 Å². The van der Waals surface area contributed by atoms with Crippen molar-refractivity contribution in [3.8, 4) is 11.3 Å². The fourth-order valence-electron chi connectivity index (χ4n) is 5.44. The molecule has 10 heteroatoms. The van der Waals surface area contributed by atoms with Crippen molar-refractivity contribution in [1.82, 2.24) is 29.5 Å². The largest absolute Gasteiger partial charge is 0.444 e. The van der Waals surface area contributed by atoms with Crippen molar-refractivity contribution in [2.75, 3.05) is 44.3 Å². The summed E-state index contributed by atoms with van der Waals surface area (Å²) in [6.45, 7) is 10.1. The van der Waals surface area contributed by atoms with Gasteiger partial charge in [-0.1, -0.05) is 12.1 Å². The van der Waals surface area contributed by atoms with Crippen LogP contribution in [0.2, 0.25) is 0 Å². The van der Waals surface area contributed by atoms with Crippen LogP contribution < -0.4 is 11.1 Å². The van der Waals surface area contributed by atoms with E-state index in [2.05, 4.69) is 36.8 Å². The van der Waals surface area contributed by atoms with E-state index in [1.807, 2.05) is 45.0 Å². The highest BCUT2D eigenvalue weighted by Crippen LogP contribution is 2.37. The Morgan fingerprint density at radius 2 is 1.65 bits per heavy atom. The highest BCUT2D eigenvalue weighted by Gasteiger charge is 2.30. The molecule has 1 saturated carbocycles. The van der Waals surface area contributed by atoms with Gasteiger partial charge in [-0.2, -0.15) is 5.10 Å². The molecule has 1 aromatic carbocycles. The van der Waals surface area contributed by atoms with Gasteiger partial charge in [0.1, 0.15) is 23.4 Å². The standard InChI is InChI=1S/C27H38N8O2/c1-27(2,3)37-26(36)31-19-7-5-18(6-8-19)23-22-24(28)29-17-30-25(22)35(32-23)21-11-9-20(10-12-21)34-15-13-33(4)14-16-34/h5-8,17,20-21H,9-16H2,1-4H3,(H,31,36)(H2,28,29,30)/t20-,21+. The maximum absolute atomic E-state index is 12.1. The van der Waals surface area contributed by atoms with Crippen molar-refractivity contribution >= 4 is 28.6 Å². The van der Waals surface area contributed by atoms with Crippen molar-refractivity contribution in [2.45, 2.75) is 64.1 Å². The van der Waals surface area contributed by atoms with Gasteiger partial charge in [-0.25, -0.2) is 19.4 Å². The van der Waals surface area contributed by atoms with Gasteiger partial charge in [0.2, 0.25) is 0 Å². The molecule has 1 amide bonds. The molecule has 0 unspecified atom stereocenters. The minimum atomic E-state index is -0.559. The van der Waals surface area contributed by atoms with Crippen molar-refractivity contribution in [3.63, 3.8) is 0 Å². The van der Waals surface area contributed by atoms with Gasteiger partial charge < -0.3 is 15.4 Å². The fraction of sp³-hybridized carbons (Fsp3) is 0.556. The van der Waals surface area contributed by atoms with Crippen LogP contribution >= 0.6 is 0 Å². The number of nitrogens with two attached hydrogens (primary N) is 1. The molecule has 3 heterocycles. The maximum Gasteiger partial charge on any atom is 0.412 e. The highest BCUT2D eigenvalue weighted by molar-refractivity contribution is 5.98. The number of likely N-dealkylation sites (N-methyl/N-ethyl adjacent to an activating group) is 1. The lowest BCUT2D eigenvalue weighted by atomic mass is 9.90. The first kappa shape index (κ1) is 25.4. The Bertz CT molecular complexity index is 1230. The Labute approximate surface area is 218 Å². The zero-order valence-electron chi connectivity index (χ0n) is 22.3. The maximum atomic E-state index is 12.1. The van der Waals surface area contributed by atoms with Gasteiger partial charge in [-0.3, -0.25) is 10.2 Å². The number of nitrogens with zero attached hydrogens (tertiary/aromatic N) is 6. The minimum absolute atomic E-state index is 0.280. The lowest BCUT2D eigenvalue weighted by Gasteiger charge is -2.41. The summed E-state index contributed by atoms with van der Waals surface area (Å²) in [4.78, 5) is 26.0. The highest BCUT2D eigenvalue weighted by atomic mass is 16.6. The third kappa shape index (κ3) is 5.70. The van der Waals surface area contributed by atoms with Gasteiger partial charge in [-0.05, 0) is 65.6 Å². The Balaban J connectivity index is 1.34. The first-order valence-corrected chi connectivity index (χ1v) is 13.2. The van der Waals surface area contributed by atoms with Crippen LogP contribution in [0.3, 0.4) is 0 Å². The molecule has 5 rings (SSSR count). The molecule has 2 aromatic heterocycles. The van der Waals surface area contributed by atoms with Crippen LogP contribution in [-0.4, -0.2) is 80.5 Å². The second kappa shape index (κ2) is 10.3. The van der Waals surface area contributed by atoms with Crippen LogP contribution in [0.4, 0.5) is 16.3 Å². The third-order valence-electron chi connectivity index (χ3n) is 7.39. The first-order valence-electron chi connectivity index (χ1n) is 13.2. The van der Waals surface area contributed by atoms with E-state index in [9.17, 15) is 4.79 Å². The minimum Gasteiger partial charge on any atom is -0.444 e. The number of rotatable bonds is 4. The number of ether oxygens (including phenoxy) is 1. The summed E-state index contributed by atoms with van der Waals surface area (Å²) in [7, 11) is 2.20. The molecular formula is C27H38N8O2. The number of fused-ring (bicyclic) bond motifs is 1. The normalized spacial score (nSPS) is 21.7. The Morgan fingerprint density at radius 1 is 1.00 bits per heavy atom. The van der Waals surface area contributed by atoms with Crippen LogP contribution in [0, 0.1) is 0 Å². The number of nitrogen functional groups attached to an aromatic ring is 1. The van der Waals surface area contributed by atoms with Crippen molar-refractivity contribution in [2.24, 2.45) is 0 Å². The number of amides is 1. The van der Waals surface area contributed by atoms with Gasteiger partial charge in [0, 0.05) is 43.5 Å². The first-order chi connectivity index (χ1) is 17.7. The van der Waals surface area contributed by atoms with Gasteiger partial charge in [0.25, 0.3) is 0 Å². The van der Waals surface area contributed by atoms with E-state index in [0.717, 1.165) is 74.2 Å². The summed E-state index contributed by atoms with van der Waals surface area (Å²) in [5, 5.41) is 8.58. The Hall–Kier alpha value is -3.24. The summed E-state index contributed by atoms with van der Waals surface area (Å²) in [5.41, 5.74) is 8.86. The smallest absolute Gasteiger partial charge is 0.412 e. The molecule has 0 radical (unpaired) electrons. The van der Waals surface area contributed by atoms with Crippen LogP contribution in [0.5, 0.6) is 0 Å². The number of carbonyl (C=O) groups excluding carboxylic acids is 1. The number of piperazine rings is 1. The molecule has 0 spiro atoms. The SMILES string of the molecule is CN1CCN([C@H]2CC[C@@H](n3nc(-c4ccc(NC(=O)OC(C)(C)C)cc4)c4c(N)ncnc43)CC2)CC1. The van der Waals surface area contributed by atoms with E-state index < -0.39 is 11.7 Å². The quantitative estimate of drug-likeness (QED) is 0.542. The molecule has 37 heavy (non-hydrogen) atoms. The zero-order chi connectivity index (χ0) is 26.2. The lowest BCUT2D eigenvalue weighted by molar-refractivity contribution is 0.0636. The van der Waals surface area contributed by atoms with E-state index >= 15 is 0 Å². The summed E-state index contributed by atoms with van der Waals surface area (Å²) in [5.74, 6) is 0.424. The number of carbonyl (C=O) groups is 1. The van der Waals surface area contributed by atoms with Crippen LogP contribution in [0.1, 0.15) is 52.5 Å². The number of benzene rings is 1. The molecule has 0 bridgehead atoms. The molecule has 10 nitrogen and oxygen atoms in total. The predicted octanol–water partition coefficient (Wildman–Crippen LogP) is 4.15. The molecule has 3 N–H and O–H groups in total. The zero-order valence-corrected chi connectivity index (χ0v) is 22.3. The number of nitrogens with one attached hydrogen (secondary N) is 1. The Morgan fingerprint density at radius 3 is 2.30 bits per heavy atom. The number of hydrogen-bond donors (Lipinski definition) is 2. The molecule has 1 saturated heterocycles. The van der Waals surface area contributed by atoms with Gasteiger partial charge in [-0.15, -0.1) is 0 Å². The monoisotopic (exact) mass is 506 g/mol. The molecule has 1 aliphatic heterocycles. The van der Waals surface area contributed by atoms with E-state index in [1.165, 1.54) is 6.33 Å². The summed E-state index contributed by atoms with van der Waals surface area (Å²) in [6, 6.07) is 8.46. The number of anilines is 2. The van der Waals surface area contributed by atoms with Crippen LogP contribution in [0.25, 0.3) is 22.3 Å². The average Bonchev–Trinajstić information content (AvgIpc) is 3.25. The molecule has 0 atom stereocenters. The van der Waals surface area contributed by atoms with E-state index in [4.69, 9.17) is 15.6 Å². The summed E-state index contributed by atoms with van der Waals surface area (Å²) in [6.07, 6.45) is 5.49. The van der Waals surface area contributed by atoms with Crippen LogP contribution in [0.15, 0.2) is 30.6 Å². The molecule has 1 aliphatic carbocycles. The molecule has 198 valence electrons. The lowest BCUT2D eigenvalue weighted by Crippen LogP contribution is -2.49. The van der Waals surface area contributed by atoms with Gasteiger partial charge >= 0.3 is 6.09 Å². The Kier molecular flexibility index (Phi) is 7.04. The van der Waals surface area contributed by atoms with Gasteiger partial charge in [0.05, 0.1) is 11.4 Å². The second-order valence-electron chi connectivity index (χ2n) is 11.3. The topological polar surface area (TPSA) is 114 Å². The number of aromatic nitrogens is 4. The summed E-state index contributed by atoms with van der Waals surface area (Å²) < 4.78 is 7.41. The van der Waals surface area contributed by atoms with E-state index in [1.54, 1.807) is 0 Å². The second-order valence-corrected chi connectivity index (χ2v) is 11.3. The number of hydrogen-bond acceptors (Lipinski definition) is 8. The third-order valence-corrected chi connectivity index (χ3v) is 7.39. The molecule has 3 aromatic rings. The van der Waals surface area contributed by atoms with E-state index in [-0.39, 0.29) is 6.04 Å². The van der Waals surface area contributed by atoms with Crippen molar-refractivity contribution in [1.29, 1.82) is 0 Å². The van der Waals surface area contributed by atoms with Crippen LogP contribution in [-0.2, 0) is 4.74 Å². The molecular weight excluding hydrogens is 468 g/mol. The molecule has 2 fully saturated rings. The average molecular weight is 507 g/mol. The fourth-order valence-corrected chi connectivity index (χ4v) is 5.44.